The minimum absolute atomic E-state index is 0.0655. The van der Waals surface area contributed by atoms with Gasteiger partial charge in [0.05, 0.1) is 17.9 Å². The van der Waals surface area contributed by atoms with Crippen molar-refractivity contribution in [2.45, 2.75) is 38.7 Å². The summed E-state index contributed by atoms with van der Waals surface area (Å²) in [6.07, 6.45) is 2.58. The maximum atomic E-state index is 12.9. The molecule has 1 amide bonds. The predicted octanol–water partition coefficient (Wildman–Crippen LogP) is 4.72. The molecule has 0 bridgehead atoms. The Morgan fingerprint density at radius 1 is 1.17 bits per heavy atom. The zero-order valence-electron chi connectivity index (χ0n) is 16.7. The van der Waals surface area contributed by atoms with Crippen LogP contribution in [-0.2, 0) is 16.8 Å². The number of oxazole rings is 1. The largest absolute Gasteiger partial charge is 0.436 e. The van der Waals surface area contributed by atoms with Crippen LogP contribution in [0.1, 0.15) is 45.4 Å². The molecule has 2 aliphatic heterocycles. The molecule has 5 nitrogen and oxygen atoms in total. The van der Waals surface area contributed by atoms with Crippen LogP contribution in [-0.4, -0.2) is 35.5 Å². The van der Waals surface area contributed by atoms with E-state index in [1.54, 1.807) is 6.92 Å². The number of thiophene rings is 1. The molecule has 1 spiro atoms. The summed E-state index contributed by atoms with van der Waals surface area (Å²) in [5, 5.41) is 0. The van der Waals surface area contributed by atoms with Gasteiger partial charge in [0.25, 0.3) is 5.91 Å². The maximum Gasteiger partial charge on any atom is 0.291 e. The van der Waals surface area contributed by atoms with Crippen molar-refractivity contribution in [2.24, 2.45) is 0 Å². The van der Waals surface area contributed by atoms with Gasteiger partial charge in [-0.25, -0.2) is 4.98 Å². The molecule has 0 atom stereocenters. The number of carbonyl (C=O) groups excluding carboxylic acids is 1. The van der Waals surface area contributed by atoms with Gasteiger partial charge in [-0.3, -0.25) is 4.79 Å². The first-order valence-electron chi connectivity index (χ1n) is 10.1. The molecule has 6 heteroatoms. The zero-order valence-corrected chi connectivity index (χ0v) is 17.6. The van der Waals surface area contributed by atoms with Gasteiger partial charge in [0.2, 0.25) is 5.76 Å². The molecule has 3 aromatic rings. The van der Waals surface area contributed by atoms with Gasteiger partial charge in [-0.15, -0.1) is 11.3 Å². The Kier molecular flexibility index (Phi) is 4.56. The average Bonchev–Trinajstić information content (AvgIpc) is 3.33. The van der Waals surface area contributed by atoms with Gasteiger partial charge in [0.15, 0.2) is 5.89 Å². The van der Waals surface area contributed by atoms with Gasteiger partial charge in [-0.05, 0) is 37.0 Å². The number of nitrogens with zero attached hydrogens (tertiary/aromatic N) is 2. The first-order chi connectivity index (χ1) is 14.1. The molecule has 2 aromatic heterocycles. The SMILES string of the molecule is Cc1nc(C)c(C(=O)N2CCC3(CC2)OCCc2sc(-c4ccccc4)cc23)o1. The highest BCUT2D eigenvalue weighted by atomic mass is 32.1. The van der Waals surface area contributed by atoms with Crippen molar-refractivity contribution in [3.63, 3.8) is 0 Å². The summed E-state index contributed by atoms with van der Waals surface area (Å²) in [4.78, 5) is 21.7. The van der Waals surface area contributed by atoms with Crippen LogP contribution in [0.25, 0.3) is 10.4 Å². The first kappa shape index (κ1) is 18.6. The number of hydrogen-bond acceptors (Lipinski definition) is 5. The van der Waals surface area contributed by atoms with Crippen molar-refractivity contribution in [3.8, 4) is 10.4 Å². The Morgan fingerprint density at radius 2 is 1.93 bits per heavy atom. The molecule has 0 unspecified atom stereocenters. The second-order valence-corrected chi connectivity index (χ2v) is 8.98. The lowest BCUT2D eigenvalue weighted by Crippen LogP contribution is -2.48. The minimum Gasteiger partial charge on any atom is -0.436 e. The van der Waals surface area contributed by atoms with Crippen LogP contribution in [0, 0.1) is 13.8 Å². The summed E-state index contributed by atoms with van der Waals surface area (Å²) in [7, 11) is 0. The van der Waals surface area contributed by atoms with E-state index >= 15 is 0 Å². The Morgan fingerprint density at radius 3 is 2.62 bits per heavy atom. The molecule has 0 N–H and O–H groups in total. The molecular weight excluding hydrogens is 384 g/mol. The van der Waals surface area contributed by atoms with E-state index in [1.807, 2.05) is 29.2 Å². The summed E-state index contributed by atoms with van der Waals surface area (Å²) in [5.41, 5.74) is 2.96. The van der Waals surface area contributed by atoms with Gasteiger partial charge in [-0.2, -0.15) is 0 Å². The van der Waals surface area contributed by atoms with E-state index in [2.05, 4.69) is 35.3 Å². The minimum atomic E-state index is -0.278. The quantitative estimate of drug-likeness (QED) is 0.615. The van der Waals surface area contributed by atoms with Crippen LogP contribution < -0.4 is 0 Å². The molecular formula is C23H24N2O3S. The van der Waals surface area contributed by atoms with Crippen LogP contribution in [0.15, 0.2) is 40.8 Å². The summed E-state index contributed by atoms with van der Waals surface area (Å²) in [5.74, 6) is 0.834. The summed E-state index contributed by atoms with van der Waals surface area (Å²) >= 11 is 1.88. The standard InChI is InChI=1S/C23H24N2O3S/c1-15-21(28-16(2)24-15)22(26)25-11-9-23(10-12-25)18-14-20(17-6-4-3-5-7-17)29-19(18)8-13-27-23/h3-7,14H,8-13H2,1-2H3. The number of benzene rings is 1. The van der Waals surface area contributed by atoms with Crippen LogP contribution >= 0.6 is 11.3 Å². The normalized spacial score (nSPS) is 18.1. The number of fused-ring (bicyclic) bond motifs is 2. The molecule has 0 saturated carbocycles. The van der Waals surface area contributed by atoms with E-state index in [0.29, 0.717) is 30.4 Å². The molecule has 0 radical (unpaired) electrons. The van der Waals surface area contributed by atoms with Gasteiger partial charge >= 0.3 is 0 Å². The lowest BCUT2D eigenvalue weighted by atomic mass is 9.82. The van der Waals surface area contributed by atoms with E-state index in [4.69, 9.17) is 9.15 Å². The number of piperidine rings is 1. The van der Waals surface area contributed by atoms with Crippen molar-refractivity contribution in [1.29, 1.82) is 0 Å². The third-order valence-electron chi connectivity index (χ3n) is 6.02. The Hall–Kier alpha value is -2.44. The topological polar surface area (TPSA) is 55.6 Å². The van der Waals surface area contributed by atoms with Gasteiger partial charge in [-0.1, -0.05) is 30.3 Å². The van der Waals surface area contributed by atoms with E-state index < -0.39 is 0 Å². The van der Waals surface area contributed by atoms with E-state index in [1.165, 1.54) is 20.9 Å². The van der Waals surface area contributed by atoms with Crippen LogP contribution in [0.2, 0.25) is 0 Å². The predicted molar refractivity (Wildman–Crippen MR) is 112 cm³/mol. The number of amides is 1. The van der Waals surface area contributed by atoms with E-state index in [9.17, 15) is 4.79 Å². The van der Waals surface area contributed by atoms with Crippen LogP contribution in [0.5, 0.6) is 0 Å². The first-order valence-corrected chi connectivity index (χ1v) is 10.9. The second-order valence-electron chi connectivity index (χ2n) is 7.85. The van der Waals surface area contributed by atoms with Gasteiger partial charge < -0.3 is 14.1 Å². The van der Waals surface area contributed by atoms with E-state index in [-0.39, 0.29) is 11.5 Å². The molecule has 5 rings (SSSR count). The molecule has 1 saturated heterocycles. The zero-order chi connectivity index (χ0) is 20.0. The highest BCUT2D eigenvalue weighted by molar-refractivity contribution is 7.15. The summed E-state index contributed by atoms with van der Waals surface area (Å²) < 4.78 is 11.9. The number of rotatable bonds is 2. The number of likely N-dealkylation sites (tertiary alicyclic amines) is 1. The smallest absolute Gasteiger partial charge is 0.291 e. The Labute approximate surface area is 174 Å². The average molecular weight is 409 g/mol. The highest BCUT2D eigenvalue weighted by Crippen LogP contribution is 2.46. The molecule has 4 heterocycles. The maximum absolute atomic E-state index is 12.9. The Balaban J connectivity index is 1.38. The number of hydrogen-bond donors (Lipinski definition) is 0. The monoisotopic (exact) mass is 408 g/mol. The molecule has 29 heavy (non-hydrogen) atoms. The number of ether oxygens (including phenoxy) is 1. The van der Waals surface area contributed by atoms with Crippen LogP contribution in [0.4, 0.5) is 0 Å². The summed E-state index contributed by atoms with van der Waals surface area (Å²) in [6.45, 7) is 5.66. The molecule has 150 valence electrons. The summed E-state index contributed by atoms with van der Waals surface area (Å²) in [6, 6.07) is 12.8. The van der Waals surface area contributed by atoms with Crippen molar-refractivity contribution < 1.29 is 13.9 Å². The molecule has 2 aliphatic rings. The number of carbonyl (C=O) groups is 1. The fourth-order valence-electron chi connectivity index (χ4n) is 4.52. The second kappa shape index (κ2) is 7.11. The third kappa shape index (κ3) is 3.20. The van der Waals surface area contributed by atoms with Gasteiger partial charge in [0, 0.05) is 36.2 Å². The molecule has 1 aromatic carbocycles. The number of aryl methyl sites for hydroxylation is 2. The van der Waals surface area contributed by atoms with Crippen molar-refractivity contribution in [2.75, 3.05) is 19.7 Å². The lowest BCUT2D eigenvalue weighted by molar-refractivity contribution is -0.0928. The fourth-order valence-corrected chi connectivity index (χ4v) is 5.76. The highest BCUT2D eigenvalue weighted by Gasteiger charge is 2.43. The van der Waals surface area contributed by atoms with E-state index in [0.717, 1.165) is 25.9 Å². The van der Waals surface area contributed by atoms with Crippen molar-refractivity contribution in [3.05, 3.63) is 64.2 Å². The van der Waals surface area contributed by atoms with Crippen LogP contribution in [0.3, 0.4) is 0 Å². The lowest BCUT2D eigenvalue weighted by Gasteiger charge is -2.43. The van der Waals surface area contributed by atoms with Crippen molar-refractivity contribution >= 4 is 17.2 Å². The number of aromatic nitrogens is 1. The molecule has 0 aliphatic carbocycles. The fraction of sp³-hybridized carbons (Fsp3) is 0.391. The molecule has 1 fully saturated rings. The third-order valence-corrected chi connectivity index (χ3v) is 7.27. The Bertz CT molecular complexity index is 1050. The van der Waals surface area contributed by atoms with Gasteiger partial charge in [0.1, 0.15) is 0 Å². The van der Waals surface area contributed by atoms with Crippen molar-refractivity contribution in [1.82, 2.24) is 9.88 Å².